The van der Waals surface area contributed by atoms with Crippen molar-refractivity contribution in [1.82, 2.24) is 9.88 Å². The summed E-state index contributed by atoms with van der Waals surface area (Å²) in [6.07, 6.45) is 6.61. The molecule has 0 N–H and O–H groups in total. The number of carbonyl (C=O) groups is 1. The summed E-state index contributed by atoms with van der Waals surface area (Å²) in [6.45, 7) is 6.17. The molecule has 1 aromatic carbocycles. The Kier molecular flexibility index (Phi) is 4.03. The first-order chi connectivity index (χ1) is 11.6. The second kappa shape index (κ2) is 6.19. The molecule has 0 atom stereocenters. The van der Waals surface area contributed by atoms with Crippen LogP contribution in [0.25, 0.3) is 10.9 Å². The van der Waals surface area contributed by atoms with E-state index in [1.54, 1.807) is 0 Å². The maximum Gasteiger partial charge on any atom is 0.254 e. The van der Waals surface area contributed by atoms with Crippen LogP contribution >= 0.6 is 0 Å². The molecule has 1 fully saturated rings. The fourth-order valence-corrected chi connectivity index (χ4v) is 4.15. The maximum absolute atomic E-state index is 13.4. The normalized spacial score (nSPS) is 18.7. The second-order valence-corrected chi connectivity index (χ2v) is 7.61. The van der Waals surface area contributed by atoms with Gasteiger partial charge in [-0.2, -0.15) is 0 Å². The van der Waals surface area contributed by atoms with E-state index in [2.05, 4.69) is 36.9 Å². The number of rotatable bonds is 1. The number of fused-ring (bicyclic) bond motifs is 2. The minimum atomic E-state index is 0.234. The van der Waals surface area contributed by atoms with Crippen LogP contribution in [0.3, 0.4) is 0 Å². The Morgan fingerprint density at radius 2 is 1.92 bits per heavy atom. The van der Waals surface area contributed by atoms with Crippen molar-refractivity contribution in [2.24, 2.45) is 5.92 Å². The lowest BCUT2D eigenvalue weighted by Gasteiger charge is -2.32. The molecular formula is C21H26N2O. The van der Waals surface area contributed by atoms with Crippen LogP contribution < -0.4 is 0 Å². The summed E-state index contributed by atoms with van der Waals surface area (Å²) in [5.74, 6) is 0.970. The minimum absolute atomic E-state index is 0.234. The molecule has 2 heterocycles. The lowest BCUT2D eigenvalue weighted by Crippen LogP contribution is -2.38. The largest absolute Gasteiger partial charge is 0.339 e. The number of likely N-dealkylation sites (tertiary alicyclic amines) is 1. The lowest BCUT2D eigenvalue weighted by molar-refractivity contribution is 0.0697. The molecule has 1 aromatic heterocycles. The predicted octanol–water partition coefficient (Wildman–Crippen LogP) is 4.29. The zero-order chi connectivity index (χ0) is 16.7. The van der Waals surface area contributed by atoms with Gasteiger partial charge in [0.15, 0.2) is 0 Å². The monoisotopic (exact) mass is 322 g/mol. The van der Waals surface area contributed by atoms with E-state index in [0.717, 1.165) is 66.9 Å². The second-order valence-electron chi connectivity index (χ2n) is 7.61. The molecule has 4 rings (SSSR count). The molecular weight excluding hydrogens is 296 g/mol. The zero-order valence-corrected chi connectivity index (χ0v) is 14.8. The van der Waals surface area contributed by atoms with Gasteiger partial charge in [-0.05, 0) is 69.1 Å². The number of carbonyl (C=O) groups excluding carboxylic acids is 1. The number of pyridine rings is 1. The Hall–Kier alpha value is -1.90. The van der Waals surface area contributed by atoms with Crippen molar-refractivity contribution in [2.45, 2.75) is 52.4 Å². The van der Waals surface area contributed by atoms with Gasteiger partial charge in [-0.1, -0.05) is 18.6 Å². The quantitative estimate of drug-likeness (QED) is 0.784. The first kappa shape index (κ1) is 15.6. The highest BCUT2D eigenvalue weighted by molar-refractivity contribution is 6.08. The van der Waals surface area contributed by atoms with Gasteiger partial charge < -0.3 is 4.90 Å². The number of amides is 1. The van der Waals surface area contributed by atoms with E-state index in [0.29, 0.717) is 0 Å². The first-order valence-corrected chi connectivity index (χ1v) is 9.35. The third-order valence-electron chi connectivity index (χ3n) is 5.70. The van der Waals surface area contributed by atoms with E-state index >= 15 is 0 Å². The van der Waals surface area contributed by atoms with Crippen molar-refractivity contribution >= 4 is 16.8 Å². The number of aryl methyl sites for hydroxylation is 2. The summed E-state index contributed by atoms with van der Waals surface area (Å²) in [6, 6.07) is 6.33. The van der Waals surface area contributed by atoms with Crippen LogP contribution in [0, 0.1) is 12.8 Å². The first-order valence-electron chi connectivity index (χ1n) is 9.35. The van der Waals surface area contributed by atoms with Crippen LogP contribution in [-0.2, 0) is 12.8 Å². The van der Waals surface area contributed by atoms with Crippen LogP contribution in [0.4, 0.5) is 0 Å². The maximum atomic E-state index is 13.4. The molecule has 1 saturated heterocycles. The van der Waals surface area contributed by atoms with Gasteiger partial charge >= 0.3 is 0 Å². The molecule has 3 nitrogen and oxygen atoms in total. The van der Waals surface area contributed by atoms with E-state index < -0.39 is 0 Å². The van der Waals surface area contributed by atoms with Gasteiger partial charge in [0.05, 0.1) is 11.1 Å². The van der Waals surface area contributed by atoms with Crippen molar-refractivity contribution in [3.8, 4) is 0 Å². The fourth-order valence-electron chi connectivity index (χ4n) is 4.15. The van der Waals surface area contributed by atoms with Crippen molar-refractivity contribution in [3.05, 3.63) is 40.6 Å². The summed E-state index contributed by atoms with van der Waals surface area (Å²) >= 11 is 0. The molecule has 1 aliphatic heterocycles. The van der Waals surface area contributed by atoms with Crippen molar-refractivity contribution in [3.63, 3.8) is 0 Å². The Labute approximate surface area is 144 Å². The highest BCUT2D eigenvalue weighted by Crippen LogP contribution is 2.31. The summed E-state index contributed by atoms with van der Waals surface area (Å²) < 4.78 is 0. The summed E-state index contributed by atoms with van der Waals surface area (Å²) in [7, 11) is 0. The van der Waals surface area contributed by atoms with Gasteiger partial charge in [0.25, 0.3) is 5.91 Å². The molecule has 24 heavy (non-hydrogen) atoms. The SMILES string of the molecule is Cc1ccc2nc3c(c(C(=O)N4CCC(C)CC4)c2c1)CCCC3. The summed E-state index contributed by atoms with van der Waals surface area (Å²) in [5.41, 5.74) is 5.51. The van der Waals surface area contributed by atoms with E-state index in [4.69, 9.17) is 4.98 Å². The average Bonchev–Trinajstić information content (AvgIpc) is 2.60. The summed E-state index contributed by atoms with van der Waals surface area (Å²) in [5, 5.41) is 1.05. The molecule has 2 aliphatic rings. The third-order valence-corrected chi connectivity index (χ3v) is 5.70. The van der Waals surface area contributed by atoms with Gasteiger partial charge in [0.2, 0.25) is 0 Å². The molecule has 1 amide bonds. The molecule has 0 spiro atoms. The fraction of sp³-hybridized carbons (Fsp3) is 0.524. The number of hydrogen-bond donors (Lipinski definition) is 0. The van der Waals surface area contributed by atoms with Gasteiger partial charge in [-0.25, -0.2) is 0 Å². The highest BCUT2D eigenvalue weighted by Gasteiger charge is 2.28. The Morgan fingerprint density at radius 1 is 1.17 bits per heavy atom. The molecule has 1 aliphatic carbocycles. The number of benzene rings is 1. The molecule has 126 valence electrons. The van der Waals surface area contributed by atoms with Crippen molar-refractivity contribution < 1.29 is 4.79 Å². The number of hydrogen-bond acceptors (Lipinski definition) is 2. The Balaban J connectivity index is 1.85. The summed E-state index contributed by atoms with van der Waals surface area (Å²) in [4.78, 5) is 20.4. The molecule has 0 bridgehead atoms. The van der Waals surface area contributed by atoms with Gasteiger partial charge in [0, 0.05) is 24.2 Å². The van der Waals surface area contributed by atoms with E-state index in [9.17, 15) is 4.79 Å². The Morgan fingerprint density at radius 3 is 2.71 bits per heavy atom. The van der Waals surface area contributed by atoms with Crippen LogP contribution in [0.5, 0.6) is 0 Å². The number of nitrogens with zero attached hydrogens (tertiary/aromatic N) is 2. The third kappa shape index (κ3) is 2.70. The number of aromatic nitrogens is 1. The van der Waals surface area contributed by atoms with Gasteiger partial charge in [0.1, 0.15) is 0 Å². The predicted molar refractivity (Wildman–Crippen MR) is 97.4 cm³/mol. The smallest absolute Gasteiger partial charge is 0.254 e. The molecule has 2 aromatic rings. The zero-order valence-electron chi connectivity index (χ0n) is 14.8. The van der Waals surface area contributed by atoms with Crippen LogP contribution in [0.2, 0.25) is 0 Å². The topological polar surface area (TPSA) is 33.2 Å². The van der Waals surface area contributed by atoms with Crippen LogP contribution in [-0.4, -0.2) is 28.9 Å². The highest BCUT2D eigenvalue weighted by atomic mass is 16.2. The van der Waals surface area contributed by atoms with Crippen LogP contribution in [0.15, 0.2) is 18.2 Å². The average molecular weight is 322 g/mol. The van der Waals surface area contributed by atoms with E-state index in [-0.39, 0.29) is 5.91 Å². The number of piperidine rings is 1. The standard InChI is InChI=1S/C21H26N2O/c1-14-9-11-23(12-10-14)21(24)20-16-5-3-4-6-18(16)22-19-8-7-15(2)13-17(19)20/h7-8,13-14H,3-6,9-12H2,1-2H3. The molecule has 0 saturated carbocycles. The Bertz CT molecular complexity index is 788. The van der Waals surface area contributed by atoms with Crippen molar-refractivity contribution in [1.29, 1.82) is 0 Å². The van der Waals surface area contributed by atoms with E-state index in [1.165, 1.54) is 24.0 Å². The van der Waals surface area contributed by atoms with Gasteiger partial charge in [-0.3, -0.25) is 9.78 Å². The van der Waals surface area contributed by atoms with Crippen molar-refractivity contribution in [2.75, 3.05) is 13.1 Å². The minimum Gasteiger partial charge on any atom is -0.339 e. The molecule has 0 radical (unpaired) electrons. The van der Waals surface area contributed by atoms with E-state index in [1.807, 2.05) is 0 Å². The lowest BCUT2D eigenvalue weighted by atomic mass is 9.88. The van der Waals surface area contributed by atoms with Crippen LogP contribution in [0.1, 0.15) is 59.8 Å². The molecule has 0 unspecified atom stereocenters. The molecule has 3 heteroatoms. The van der Waals surface area contributed by atoms with Gasteiger partial charge in [-0.15, -0.1) is 0 Å².